The lowest BCUT2D eigenvalue weighted by atomic mass is 10.3. The summed E-state index contributed by atoms with van der Waals surface area (Å²) in [4.78, 5) is 11.3. The zero-order valence-corrected chi connectivity index (χ0v) is 12.9. The van der Waals surface area contributed by atoms with E-state index in [2.05, 4.69) is 20.7 Å². The number of rotatable bonds is 3. The van der Waals surface area contributed by atoms with Crippen molar-refractivity contribution >= 4 is 37.3 Å². The Morgan fingerprint density at radius 3 is 2.55 bits per heavy atom. The minimum Gasteiger partial charge on any atom is -0.398 e. The zero-order chi connectivity index (χ0) is 14.9. The van der Waals surface area contributed by atoms with Crippen LogP contribution in [0.25, 0.3) is 0 Å². The van der Waals surface area contributed by atoms with Crippen LogP contribution >= 0.6 is 15.9 Å². The second kappa shape index (κ2) is 5.29. The van der Waals surface area contributed by atoms with Gasteiger partial charge in [0.15, 0.2) is 0 Å². The van der Waals surface area contributed by atoms with Gasteiger partial charge in [-0.05, 0) is 40.2 Å². The lowest BCUT2D eigenvalue weighted by Crippen LogP contribution is -2.18. The van der Waals surface area contributed by atoms with Gasteiger partial charge in [0.05, 0.1) is 10.6 Å². The molecule has 1 heterocycles. The van der Waals surface area contributed by atoms with Gasteiger partial charge >= 0.3 is 0 Å². The first-order chi connectivity index (χ1) is 9.29. The number of anilines is 2. The van der Waals surface area contributed by atoms with E-state index in [9.17, 15) is 13.2 Å². The van der Waals surface area contributed by atoms with E-state index in [4.69, 9.17) is 5.73 Å². The third-order valence-corrected chi connectivity index (χ3v) is 4.72. The van der Waals surface area contributed by atoms with Crippen LogP contribution in [0, 0.1) is 0 Å². The van der Waals surface area contributed by atoms with Gasteiger partial charge in [-0.2, -0.15) is 0 Å². The van der Waals surface area contributed by atoms with Crippen LogP contribution in [0.3, 0.4) is 0 Å². The maximum atomic E-state index is 12.2. The Kier molecular flexibility index (Phi) is 3.87. The minimum atomic E-state index is -3.75. The molecule has 0 bridgehead atoms. The number of nitrogens with zero attached hydrogens (tertiary/aromatic N) is 1. The monoisotopic (exact) mass is 357 g/mol. The number of pyridine rings is 1. The van der Waals surface area contributed by atoms with Gasteiger partial charge < -0.3 is 10.3 Å². The van der Waals surface area contributed by atoms with Gasteiger partial charge in [0.25, 0.3) is 10.0 Å². The predicted octanol–water partition coefficient (Wildman–Crippen LogP) is 1.53. The number of sulfonamides is 1. The Balaban J connectivity index is 2.37. The Labute approximate surface area is 124 Å². The Bertz CT molecular complexity index is 815. The van der Waals surface area contributed by atoms with Gasteiger partial charge in [0, 0.05) is 29.5 Å². The van der Waals surface area contributed by atoms with E-state index in [1.165, 1.54) is 42.1 Å². The summed E-state index contributed by atoms with van der Waals surface area (Å²) in [6.07, 6.45) is 1.40. The Morgan fingerprint density at radius 1 is 1.25 bits per heavy atom. The van der Waals surface area contributed by atoms with E-state index in [1.54, 1.807) is 6.07 Å². The van der Waals surface area contributed by atoms with Crippen molar-refractivity contribution in [2.75, 3.05) is 10.5 Å². The molecule has 20 heavy (non-hydrogen) atoms. The highest BCUT2D eigenvalue weighted by Crippen LogP contribution is 2.24. The molecule has 8 heteroatoms. The van der Waals surface area contributed by atoms with Crippen LogP contribution < -0.4 is 16.0 Å². The lowest BCUT2D eigenvalue weighted by molar-refractivity contribution is 0.601. The third kappa shape index (κ3) is 3.02. The van der Waals surface area contributed by atoms with Crippen LogP contribution in [0.15, 0.2) is 50.7 Å². The van der Waals surface area contributed by atoms with Crippen LogP contribution in [0.1, 0.15) is 0 Å². The first-order valence-electron chi connectivity index (χ1n) is 5.54. The van der Waals surface area contributed by atoms with E-state index in [-0.39, 0.29) is 10.5 Å². The summed E-state index contributed by atoms with van der Waals surface area (Å²) in [5.74, 6) is 0. The van der Waals surface area contributed by atoms with Crippen LogP contribution in [0.4, 0.5) is 11.4 Å². The van der Waals surface area contributed by atoms with Crippen molar-refractivity contribution in [1.82, 2.24) is 4.57 Å². The summed E-state index contributed by atoms with van der Waals surface area (Å²) < 4.78 is 28.7. The topological polar surface area (TPSA) is 94.2 Å². The van der Waals surface area contributed by atoms with Gasteiger partial charge in [0.2, 0.25) is 5.56 Å². The highest BCUT2D eigenvalue weighted by atomic mass is 79.9. The average molecular weight is 358 g/mol. The molecule has 0 amide bonds. The van der Waals surface area contributed by atoms with E-state index < -0.39 is 10.0 Å². The second-order valence-corrected chi connectivity index (χ2v) is 6.69. The fourth-order valence-electron chi connectivity index (χ4n) is 1.56. The Hall–Kier alpha value is -1.80. The molecule has 106 valence electrons. The van der Waals surface area contributed by atoms with Crippen molar-refractivity contribution in [3.05, 3.63) is 51.4 Å². The lowest BCUT2D eigenvalue weighted by Gasteiger charge is -2.10. The van der Waals surface area contributed by atoms with Gasteiger partial charge in [-0.25, -0.2) is 8.42 Å². The van der Waals surface area contributed by atoms with Gasteiger partial charge in [-0.15, -0.1) is 0 Å². The molecule has 3 N–H and O–H groups in total. The smallest absolute Gasteiger partial charge is 0.262 e. The maximum Gasteiger partial charge on any atom is 0.262 e. The molecule has 2 rings (SSSR count). The highest BCUT2D eigenvalue weighted by Gasteiger charge is 2.15. The fraction of sp³-hybridized carbons (Fsp3) is 0.0833. The molecule has 0 aliphatic rings. The summed E-state index contributed by atoms with van der Waals surface area (Å²) in [5.41, 5.74) is 6.08. The highest BCUT2D eigenvalue weighted by molar-refractivity contribution is 9.10. The molecule has 1 aromatic heterocycles. The van der Waals surface area contributed by atoms with Crippen LogP contribution in [-0.2, 0) is 17.1 Å². The molecule has 6 nitrogen and oxygen atoms in total. The minimum absolute atomic E-state index is 0.0482. The Morgan fingerprint density at radius 2 is 1.95 bits per heavy atom. The molecule has 1 aromatic carbocycles. The third-order valence-electron chi connectivity index (χ3n) is 2.62. The van der Waals surface area contributed by atoms with Crippen molar-refractivity contribution in [3.8, 4) is 0 Å². The number of hydrogen-bond acceptors (Lipinski definition) is 4. The van der Waals surface area contributed by atoms with Gasteiger partial charge in [-0.3, -0.25) is 9.52 Å². The molecule has 0 atom stereocenters. The fourth-order valence-corrected chi connectivity index (χ4v) is 2.88. The van der Waals surface area contributed by atoms with Crippen LogP contribution in [-0.4, -0.2) is 13.0 Å². The molecule has 0 aliphatic carbocycles. The number of nitrogens with two attached hydrogens (primary N) is 1. The summed E-state index contributed by atoms with van der Waals surface area (Å²) in [6.45, 7) is 0. The predicted molar refractivity (Wildman–Crippen MR) is 81.0 cm³/mol. The standard InChI is InChI=1S/C12H12BrN3O3S/c1-16-7-8(2-5-12(16)17)15-20(18,19)9-3-4-10(13)11(14)6-9/h2-7,15H,14H2,1H3. The van der Waals surface area contributed by atoms with Gasteiger partial charge in [0.1, 0.15) is 0 Å². The van der Waals surface area contributed by atoms with E-state index >= 15 is 0 Å². The van der Waals surface area contributed by atoms with Gasteiger partial charge in [-0.1, -0.05) is 0 Å². The SMILES string of the molecule is Cn1cc(NS(=O)(=O)c2ccc(Br)c(N)c2)ccc1=O. The number of nitrogen functional groups attached to an aromatic ring is 1. The van der Waals surface area contributed by atoms with Crippen molar-refractivity contribution in [3.63, 3.8) is 0 Å². The second-order valence-electron chi connectivity index (χ2n) is 4.16. The molecule has 0 aliphatic heterocycles. The number of hydrogen-bond donors (Lipinski definition) is 2. The molecule has 2 aromatic rings. The number of aromatic nitrogens is 1. The summed E-state index contributed by atoms with van der Waals surface area (Å²) in [6, 6.07) is 7.04. The summed E-state index contributed by atoms with van der Waals surface area (Å²) in [7, 11) is -2.21. The quantitative estimate of drug-likeness (QED) is 0.814. The van der Waals surface area contributed by atoms with E-state index in [0.29, 0.717) is 15.8 Å². The average Bonchev–Trinajstić information content (AvgIpc) is 2.37. The van der Waals surface area contributed by atoms with Crippen molar-refractivity contribution < 1.29 is 8.42 Å². The van der Waals surface area contributed by atoms with Crippen molar-refractivity contribution in [1.29, 1.82) is 0 Å². The molecule has 0 fully saturated rings. The zero-order valence-electron chi connectivity index (χ0n) is 10.5. The van der Waals surface area contributed by atoms with Crippen molar-refractivity contribution in [2.24, 2.45) is 7.05 Å². The number of aryl methyl sites for hydroxylation is 1. The first kappa shape index (κ1) is 14.6. The first-order valence-corrected chi connectivity index (χ1v) is 7.82. The molecular weight excluding hydrogens is 346 g/mol. The summed E-state index contributed by atoms with van der Waals surface area (Å²) >= 11 is 3.20. The van der Waals surface area contributed by atoms with E-state index in [1.807, 2.05) is 0 Å². The molecule has 0 saturated heterocycles. The maximum absolute atomic E-state index is 12.2. The van der Waals surface area contributed by atoms with Crippen molar-refractivity contribution in [2.45, 2.75) is 4.90 Å². The number of benzene rings is 1. The van der Waals surface area contributed by atoms with E-state index in [0.717, 1.165) is 0 Å². The van der Waals surface area contributed by atoms with Crippen LogP contribution in [0.2, 0.25) is 0 Å². The van der Waals surface area contributed by atoms with Crippen LogP contribution in [0.5, 0.6) is 0 Å². The molecular formula is C12H12BrN3O3S. The molecule has 0 spiro atoms. The summed E-state index contributed by atoms with van der Waals surface area (Å²) in [5, 5.41) is 0. The molecule has 0 saturated carbocycles. The number of nitrogens with one attached hydrogen (secondary N) is 1. The largest absolute Gasteiger partial charge is 0.398 e. The normalized spacial score (nSPS) is 11.3. The molecule has 0 unspecified atom stereocenters. The number of halogens is 1. The molecule has 0 radical (unpaired) electrons.